The topological polar surface area (TPSA) is 109 Å². The Morgan fingerprint density at radius 2 is 2.10 bits per heavy atom. The molecule has 2 unspecified atom stereocenters. The molecule has 1 fully saturated rings. The summed E-state index contributed by atoms with van der Waals surface area (Å²) in [6.45, 7) is 0. The van der Waals surface area contributed by atoms with Gasteiger partial charge >= 0.3 is 6.03 Å². The molecule has 7 heteroatoms. The highest BCUT2D eigenvalue weighted by Gasteiger charge is 2.31. The van der Waals surface area contributed by atoms with Gasteiger partial charge in [0, 0.05) is 17.6 Å². The lowest BCUT2D eigenvalue weighted by Gasteiger charge is -2.20. The SMILES string of the molecule is COc1ccc(NC(=O)NC2CCCC2C(N)=NO)cc1. The number of ether oxygens (including phenoxy) is 1. The van der Waals surface area contributed by atoms with E-state index in [1.54, 1.807) is 31.4 Å². The average molecular weight is 292 g/mol. The number of benzene rings is 1. The Hall–Kier alpha value is -2.44. The van der Waals surface area contributed by atoms with Crippen LogP contribution in [-0.2, 0) is 0 Å². The number of anilines is 1. The van der Waals surface area contributed by atoms with Crippen molar-refractivity contribution in [3.63, 3.8) is 0 Å². The Bertz CT molecular complexity index is 515. The fourth-order valence-electron chi connectivity index (χ4n) is 2.57. The van der Waals surface area contributed by atoms with E-state index < -0.39 is 0 Å². The number of urea groups is 1. The lowest BCUT2D eigenvalue weighted by Crippen LogP contribution is -2.44. The summed E-state index contributed by atoms with van der Waals surface area (Å²) >= 11 is 0. The monoisotopic (exact) mass is 292 g/mol. The number of hydrogen-bond acceptors (Lipinski definition) is 4. The Balaban J connectivity index is 1.91. The van der Waals surface area contributed by atoms with Crippen LogP contribution < -0.4 is 21.1 Å². The van der Waals surface area contributed by atoms with Crippen LogP contribution in [0.15, 0.2) is 29.4 Å². The Kier molecular flexibility index (Phi) is 4.86. The third kappa shape index (κ3) is 3.77. The summed E-state index contributed by atoms with van der Waals surface area (Å²) in [5, 5.41) is 17.4. The number of hydrogen-bond donors (Lipinski definition) is 4. The van der Waals surface area contributed by atoms with Gasteiger partial charge in [0.05, 0.1) is 7.11 Å². The number of nitrogens with one attached hydrogen (secondary N) is 2. The third-order valence-electron chi connectivity index (χ3n) is 3.68. The van der Waals surface area contributed by atoms with Crippen LogP contribution in [0, 0.1) is 5.92 Å². The molecule has 0 bridgehead atoms. The van der Waals surface area contributed by atoms with Gasteiger partial charge in [0.15, 0.2) is 0 Å². The molecular formula is C14H20N4O3. The van der Waals surface area contributed by atoms with Gasteiger partial charge in [0.2, 0.25) is 0 Å². The van der Waals surface area contributed by atoms with Crippen molar-refractivity contribution in [2.75, 3.05) is 12.4 Å². The van der Waals surface area contributed by atoms with E-state index >= 15 is 0 Å². The number of rotatable bonds is 4. The first kappa shape index (κ1) is 15.0. The number of amidine groups is 1. The van der Waals surface area contributed by atoms with Crippen LogP contribution in [0.3, 0.4) is 0 Å². The molecule has 0 aromatic heterocycles. The lowest BCUT2D eigenvalue weighted by atomic mass is 10.0. The fraction of sp³-hybridized carbons (Fsp3) is 0.429. The van der Waals surface area contributed by atoms with Gasteiger partial charge in [0.1, 0.15) is 11.6 Å². The predicted octanol–water partition coefficient (Wildman–Crippen LogP) is 1.73. The molecule has 7 nitrogen and oxygen atoms in total. The number of carbonyl (C=O) groups is 1. The van der Waals surface area contributed by atoms with Crippen molar-refractivity contribution in [1.82, 2.24) is 5.32 Å². The molecule has 0 saturated heterocycles. The zero-order valence-corrected chi connectivity index (χ0v) is 11.9. The van der Waals surface area contributed by atoms with Gasteiger partial charge < -0.3 is 26.3 Å². The predicted molar refractivity (Wildman–Crippen MR) is 79.7 cm³/mol. The van der Waals surface area contributed by atoms with Crippen molar-refractivity contribution in [2.45, 2.75) is 25.3 Å². The quantitative estimate of drug-likeness (QED) is 0.293. The fourth-order valence-corrected chi connectivity index (χ4v) is 2.57. The first-order valence-corrected chi connectivity index (χ1v) is 6.83. The van der Waals surface area contributed by atoms with E-state index in [9.17, 15) is 4.79 Å². The Labute approximate surface area is 123 Å². The number of amides is 2. The average Bonchev–Trinajstić information content (AvgIpc) is 2.95. The normalized spacial score (nSPS) is 21.9. The summed E-state index contributed by atoms with van der Waals surface area (Å²) in [6, 6.07) is 6.64. The van der Waals surface area contributed by atoms with Gasteiger partial charge in [-0.05, 0) is 37.1 Å². The number of oxime groups is 1. The minimum Gasteiger partial charge on any atom is -0.497 e. The van der Waals surface area contributed by atoms with Crippen molar-refractivity contribution < 1.29 is 14.7 Å². The molecule has 1 aromatic rings. The summed E-state index contributed by atoms with van der Waals surface area (Å²) in [5.74, 6) is 0.780. The maximum Gasteiger partial charge on any atom is 0.319 e. The maximum atomic E-state index is 12.0. The molecule has 2 atom stereocenters. The van der Waals surface area contributed by atoms with Gasteiger partial charge in [0.25, 0.3) is 0 Å². The van der Waals surface area contributed by atoms with Gasteiger partial charge in [-0.1, -0.05) is 11.6 Å². The molecule has 0 heterocycles. The molecule has 0 spiro atoms. The highest BCUT2D eigenvalue weighted by atomic mass is 16.5. The lowest BCUT2D eigenvalue weighted by molar-refractivity contribution is 0.247. The van der Waals surface area contributed by atoms with Gasteiger partial charge in [-0.2, -0.15) is 0 Å². The standard InChI is InChI=1S/C14H20N4O3/c1-21-10-7-5-9(6-8-10)16-14(19)17-12-4-2-3-11(12)13(15)18-20/h5-8,11-12,20H,2-4H2,1H3,(H2,15,18)(H2,16,17,19). The van der Waals surface area contributed by atoms with E-state index in [1.165, 1.54) is 0 Å². The van der Waals surface area contributed by atoms with E-state index in [0.717, 1.165) is 25.0 Å². The van der Waals surface area contributed by atoms with Crippen LogP contribution in [0.5, 0.6) is 5.75 Å². The summed E-state index contributed by atoms with van der Waals surface area (Å²) < 4.78 is 5.06. The van der Waals surface area contributed by atoms with Crippen LogP contribution in [0.2, 0.25) is 0 Å². The van der Waals surface area contributed by atoms with Crippen molar-refractivity contribution in [3.05, 3.63) is 24.3 Å². The van der Waals surface area contributed by atoms with E-state index in [2.05, 4.69) is 15.8 Å². The Morgan fingerprint density at radius 1 is 1.38 bits per heavy atom. The van der Waals surface area contributed by atoms with E-state index in [0.29, 0.717) is 5.69 Å². The molecule has 2 amide bonds. The van der Waals surface area contributed by atoms with Crippen LogP contribution in [-0.4, -0.2) is 30.2 Å². The second-order valence-electron chi connectivity index (χ2n) is 5.00. The molecule has 0 aliphatic heterocycles. The minimum atomic E-state index is -0.303. The first-order chi connectivity index (χ1) is 10.1. The molecule has 21 heavy (non-hydrogen) atoms. The number of nitrogens with zero attached hydrogens (tertiary/aromatic N) is 1. The highest BCUT2D eigenvalue weighted by Crippen LogP contribution is 2.26. The van der Waals surface area contributed by atoms with Crippen LogP contribution in [0.25, 0.3) is 0 Å². The van der Waals surface area contributed by atoms with Gasteiger partial charge in [-0.3, -0.25) is 0 Å². The largest absolute Gasteiger partial charge is 0.497 e. The van der Waals surface area contributed by atoms with Crippen molar-refractivity contribution in [3.8, 4) is 5.75 Å². The molecule has 1 aliphatic carbocycles. The zero-order chi connectivity index (χ0) is 15.2. The van der Waals surface area contributed by atoms with Crippen molar-refractivity contribution in [1.29, 1.82) is 0 Å². The molecule has 0 radical (unpaired) electrons. The van der Waals surface area contributed by atoms with E-state index in [4.69, 9.17) is 15.7 Å². The maximum absolute atomic E-state index is 12.0. The first-order valence-electron chi connectivity index (χ1n) is 6.83. The van der Waals surface area contributed by atoms with Gasteiger partial charge in [-0.15, -0.1) is 0 Å². The number of carbonyl (C=O) groups excluding carboxylic acids is 1. The van der Waals surface area contributed by atoms with Gasteiger partial charge in [-0.25, -0.2) is 4.79 Å². The summed E-state index contributed by atoms with van der Waals surface area (Å²) in [6.07, 6.45) is 2.56. The summed E-state index contributed by atoms with van der Waals surface area (Å²) in [5.41, 5.74) is 6.32. The highest BCUT2D eigenvalue weighted by molar-refractivity contribution is 5.90. The molecule has 2 rings (SSSR count). The van der Waals surface area contributed by atoms with Crippen molar-refractivity contribution >= 4 is 17.6 Å². The third-order valence-corrected chi connectivity index (χ3v) is 3.68. The molecular weight excluding hydrogens is 272 g/mol. The molecule has 1 aromatic carbocycles. The molecule has 114 valence electrons. The number of nitrogens with two attached hydrogens (primary N) is 1. The van der Waals surface area contributed by atoms with Crippen molar-refractivity contribution in [2.24, 2.45) is 16.8 Å². The molecule has 1 saturated carbocycles. The zero-order valence-electron chi connectivity index (χ0n) is 11.9. The van der Waals surface area contributed by atoms with Crippen LogP contribution >= 0.6 is 0 Å². The smallest absolute Gasteiger partial charge is 0.319 e. The summed E-state index contributed by atoms with van der Waals surface area (Å²) in [4.78, 5) is 12.0. The molecule has 1 aliphatic rings. The van der Waals surface area contributed by atoms with Crippen LogP contribution in [0.4, 0.5) is 10.5 Å². The van der Waals surface area contributed by atoms with Crippen LogP contribution in [0.1, 0.15) is 19.3 Å². The Morgan fingerprint density at radius 3 is 2.71 bits per heavy atom. The summed E-state index contributed by atoms with van der Waals surface area (Å²) in [7, 11) is 1.59. The second-order valence-corrected chi connectivity index (χ2v) is 5.00. The molecule has 5 N–H and O–H groups in total. The van der Waals surface area contributed by atoms with E-state index in [1.807, 2.05) is 0 Å². The number of methoxy groups -OCH3 is 1. The second kappa shape index (κ2) is 6.83. The van der Waals surface area contributed by atoms with E-state index in [-0.39, 0.29) is 23.8 Å². The minimum absolute atomic E-state index is 0.112.